The predicted octanol–water partition coefficient (Wildman–Crippen LogP) is 2.18. The second-order valence-corrected chi connectivity index (χ2v) is 5.36. The van der Waals surface area contributed by atoms with Gasteiger partial charge in [-0.05, 0) is 25.1 Å². The molecule has 1 aromatic heterocycles. The third kappa shape index (κ3) is 6.81. The number of benzene rings is 1. The monoisotopic (exact) mass is 459 g/mol. The first-order valence-corrected chi connectivity index (χ1v) is 7.84. The van der Waals surface area contributed by atoms with E-state index in [1.807, 2.05) is 49.0 Å². The molecule has 0 aliphatic heterocycles. The zero-order valence-corrected chi connectivity index (χ0v) is 17.4. The summed E-state index contributed by atoms with van der Waals surface area (Å²) in [5.74, 6) is 2.28. The second-order valence-electron chi connectivity index (χ2n) is 5.36. The van der Waals surface area contributed by atoms with Gasteiger partial charge in [-0.1, -0.05) is 6.07 Å². The zero-order valence-electron chi connectivity index (χ0n) is 15.0. The van der Waals surface area contributed by atoms with Gasteiger partial charge in [-0.15, -0.1) is 24.0 Å². The Bertz CT molecular complexity index is 675. The first-order valence-electron chi connectivity index (χ1n) is 7.84. The van der Waals surface area contributed by atoms with Crippen molar-refractivity contribution in [3.8, 4) is 11.5 Å². The van der Waals surface area contributed by atoms with Crippen LogP contribution >= 0.6 is 24.0 Å². The van der Waals surface area contributed by atoms with Crippen LogP contribution in [0.1, 0.15) is 12.6 Å². The molecule has 2 rings (SSSR count). The third-order valence-electron chi connectivity index (χ3n) is 3.52. The van der Waals surface area contributed by atoms with Crippen LogP contribution in [0.2, 0.25) is 0 Å². The summed E-state index contributed by atoms with van der Waals surface area (Å²) in [7, 11) is 5.30. The van der Waals surface area contributed by atoms with Crippen LogP contribution in [-0.4, -0.2) is 42.5 Å². The molecule has 2 aromatic rings. The van der Waals surface area contributed by atoms with E-state index in [4.69, 9.17) is 9.47 Å². The Kier molecular flexibility index (Phi) is 9.11. The average Bonchev–Trinajstić information content (AvgIpc) is 3.00. The lowest BCUT2D eigenvalue weighted by Gasteiger charge is -2.18. The molecule has 138 valence electrons. The fourth-order valence-corrected chi connectivity index (χ4v) is 2.16. The molecule has 0 radical (unpaired) electrons. The van der Waals surface area contributed by atoms with Gasteiger partial charge in [-0.2, -0.15) is 5.10 Å². The van der Waals surface area contributed by atoms with Crippen LogP contribution in [0.5, 0.6) is 11.5 Å². The van der Waals surface area contributed by atoms with E-state index in [1.165, 1.54) is 0 Å². The van der Waals surface area contributed by atoms with E-state index in [1.54, 1.807) is 20.4 Å². The van der Waals surface area contributed by atoms with Crippen LogP contribution in [-0.2, 0) is 13.6 Å². The average molecular weight is 459 g/mol. The van der Waals surface area contributed by atoms with Crippen molar-refractivity contribution in [3.63, 3.8) is 0 Å². The number of ether oxygens (including phenoxy) is 2. The molecule has 0 saturated carbocycles. The number of aryl methyl sites for hydroxylation is 1. The quantitative estimate of drug-likeness (QED) is 0.378. The van der Waals surface area contributed by atoms with Crippen LogP contribution < -0.4 is 20.1 Å². The summed E-state index contributed by atoms with van der Waals surface area (Å²) < 4.78 is 12.9. The van der Waals surface area contributed by atoms with E-state index >= 15 is 0 Å². The lowest BCUT2D eigenvalue weighted by molar-refractivity contribution is 0.223. The molecule has 7 nitrogen and oxygen atoms in total. The summed E-state index contributed by atoms with van der Waals surface area (Å²) in [5.41, 5.74) is 1.08. The Morgan fingerprint density at radius 1 is 1.28 bits per heavy atom. The molecule has 0 aliphatic rings. The lowest BCUT2D eigenvalue weighted by Crippen LogP contribution is -2.41. The number of nitrogens with one attached hydrogen (secondary N) is 2. The van der Waals surface area contributed by atoms with E-state index in [0.717, 1.165) is 23.2 Å². The fraction of sp³-hybridized carbons (Fsp3) is 0.412. The van der Waals surface area contributed by atoms with E-state index in [-0.39, 0.29) is 30.1 Å². The molecule has 0 aliphatic carbocycles. The topological polar surface area (TPSA) is 72.7 Å². The maximum atomic E-state index is 5.88. The van der Waals surface area contributed by atoms with Gasteiger partial charge >= 0.3 is 0 Å². The van der Waals surface area contributed by atoms with Gasteiger partial charge < -0.3 is 20.1 Å². The van der Waals surface area contributed by atoms with Crippen molar-refractivity contribution in [2.45, 2.75) is 19.6 Å². The lowest BCUT2D eigenvalue weighted by atomic mass is 10.3. The van der Waals surface area contributed by atoms with E-state index in [2.05, 4.69) is 20.7 Å². The Morgan fingerprint density at radius 2 is 2.04 bits per heavy atom. The van der Waals surface area contributed by atoms with E-state index in [0.29, 0.717) is 13.1 Å². The molecule has 0 bridgehead atoms. The van der Waals surface area contributed by atoms with Crippen molar-refractivity contribution >= 4 is 29.9 Å². The Morgan fingerprint density at radius 3 is 2.68 bits per heavy atom. The minimum absolute atomic E-state index is 0. The van der Waals surface area contributed by atoms with E-state index in [9.17, 15) is 0 Å². The van der Waals surface area contributed by atoms with Gasteiger partial charge in [0.25, 0.3) is 0 Å². The smallest absolute Gasteiger partial charge is 0.191 e. The number of aromatic nitrogens is 2. The molecule has 8 heteroatoms. The van der Waals surface area contributed by atoms with Gasteiger partial charge in [0.2, 0.25) is 0 Å². The van der Waals surface area contributed by atoms with Crippen molar-refractivity contribution in [1.82, 2.24) is 20.4 Å². The molecular formula is C17H26IN5O2. The van der Waals surface area contributed by atoms with Gasteiger partial charge in [0.15, 0.2) is 5.96 Å². The highest BCUT2D eigenvalue weighted by atomic mass is 127. The number of nitrogens with zero attached hydrogens (tertiary/aromatic N) is 3. The molecule has 25 heavy (non-hydrogen) atoms. The van der Waals surface area contributed by atoms with Crippen molar-refractivity contribution in [2.75, 3.05) is 20.7 Å². The highest BCUT2D eigenvalue weighted by Crippen LogP contribution is 2.19. The van der Waals surface area contributed by atoms with Gasteiger partial charge in [0, 0.05) is 26.4 Å². The van der Waals surface area contributed by atoms with Crippen LogP contribution in [0.3, 0.4) is 0 Å². The highest BCUT2D eigenvalue weighted by Gasteiger charge is 2.07. The molecule has 0 spiro atoms. The highest BCUT2D eigenvalue weighted by molar-refractivity contribution is 14.0. The number of rotatable bonds is 7. The normalized spacial score (nSPS) is 12.1. The van der Waals surface area contributed by atoms with Crippen LogP contribution in [0.25, 0.3) is 0 Å². The molecule has 0 saturated heterocycles. The summed E-state index contributed by atoms with van der Waals surface area (Å²) in [5, 5.41) is 10.6. The summed E-state index contributed by atoms with van der Waals surface area (Å²) in [4.78, 5) is 4.21. The number of hydrogen-bond acceptors (Lipinski definition) is 4. The van der Waals surface area contributed by atoms with Gasteiger partial charge in [-0.3, -0.25) is 9.67 Å². The maximum absolute atomic E-state index is 5.88. The Balaban J connectivity index is 0.00000312. The van der Waals surface area contributed by atoms with Crippen LogP contribution in [0.4, 0.5) is 0 Å². The summed E-state index contributed by atoms with van der Waals surface area (Å²) in [6.45, 7) is 3.28. The molecule has 1 unspecified atom stereocenters. The summed E-state index contributed by atoms with van der Waals surface area (Å²) in [6, 6.07) is 9.54. The van der Waals surface area contributed by atoms with Crippen molar-refractivity contribution in [2.24, 2.45) is 12.0 Å². The second kappa shape index (κ2) is 10.8. The summed E-state index contributed by atoms with van der Waals surface area (Å²) in [6.07, 6.45) is 1.75. The molecule has 0 fully saturated rings. The van der Waals surface area contributed by atoms with Gasteiger partial charge in [0.05, 0.1) is 25.9 Å². The minimum atomic E-state index is -0.0210. The van der Waals surface area contributed by atoms with Crippen LogP contribution in [0.15, 0.2) is 41.5 Å². The number of aliphatic imine (C=N–C) groups is 1. The number of hydrogen-bond donors (Lipinski definition) is 2. The molecule has 1 aromatic carbocycles. The molecule has 0 amide bonds. The zero-order chi connectivity index (χ0) is 17.4. The van der Waals surface area contributed by atoms with E-state index < -0.39 is 0 Å². The largest absolute Gasteiger partial charge is 0.497 e. The van der Waals surface area contributed by atoms with Crippen LogP contribution in [0, 0.1) is 0 Å². The number of methoxy groups -OCH3 is 1. The van der Waals surface area contributed by atoms with Gasteiger partial charge in [0.1, 0.15) is 17.6 Å². The maximum Gasteiger partial charge on any atom is 0.191 e. The molecule has 1 atom stereocenters. The Hall–Kier alpha value is -1.97. The first kappa shape index (κ1) is 21.1. The molecule has 1 heterocycles. The SMILES string of the molecule is CN=C(NCc1ccnn1C)NCC(C)Oc1cccc(OC)c1.I. The molecular weight excluding hydrogens is 433 g/mol. The molecule has 2 N–H and O–H groups in total. The summed E-state index contributed by atoms with van der Waals surface area (Å²) >= 11 is 0. The number of guanidine groups is 1. The predicted molar refractivity (Wildman–Crippen MR) is 110 cm³/mol. The third-order valence-corrected chi connectivity index (χ3v) is 3.52. The minimum Gasteiger partial charge on any atom is -0.497 e. The Labute approximate surface area is 165 Å². The number of halogens is 1. The van der Waals surface area contributed by atoms with Crippen molar-refractivity contribution < 1.29 is 9.47 Å². The van der Waals surface area contributed by atoms with Crippen molar-refractivity contribution in [3.05, 3.63) is 42.2 Å². The fourth-order valence-electron chi connectivity index (χ4n) is 2.16. The van der Waals surface area contributed by atoms with Crippen molar-refractivity contribution in [1.29, 1.82) is 0 Å². The van der Waals surface area contributed by atoms with Gasteiger partial charge in [-0.25, -0.2) is 0 Å². The standard InChI is InChI=1S/C17H25N5O2.HI/c1-13(24-16-7-5-6-15(10-16)23-4)11-19-17(18-2)20-12-14-8-9-21-22(14)3;/h5-10,13H,11-12H2,1-4H3,(H2,18,19,20);1H. The first-order chi connectivity index (χ1) is 11.6.